The lowest BCUT2D eigenvalue weighted by Crippen LogP contribution is -2.49. The molecule has 1 aromatic rings. The Morgan fingerprint density at radius 1 is 1.06 bits per heavy atom. The summed E-state index contributed by atoms with van der Waals surface area (Å²) < 4.78 is 11.9. The van der Waals surface area contributed by atoms with Crippen molar-refractivity contribution in [3.05, 3.63) is 65.1 Å². The van der Waals surface area contributed by atoms with Gasteiger partial charge < -0.3 is 9.47 Å². The molecule has 1 aliphatic heterocycles. The molecule has 0 N–H and O–H groups in total. The van der Waals surface area contributed by atoms with Crippen LogP contribution >= 0.6 is 0 Å². The van der Waals surface area contributed by atoms with Gasteiger partial charge >= 0.3 is 5.97 Å². The Morgan fingerprint density at radius 3 is 2.59 bits per heavy atom. The van der Waals surface area contributed by atoms with Crippen molar-refractivity contribution in [2.45, 2.75) is 78.7 Å². The molecule has 180 valence electrons. The van der Waals surface area contributed by atoms with Gasteiger partial charge in [-0.15, -0.1) is 0 Å². The maximum absolute atomic E-state index is 11.6. The maximum atomic E-state index is 11.6. The van der Waals surface area contributed by atoms with Gasteiger partial charge in [-0.25, -0.2) is 0 Å². The molecule has 3 heteroatoms. The van der Waals surface area contributed by atoms with Crippen LogP contribution in [-0.2, 0) is 14.3 Å². The fourth-order valence-electron chi connectivity index (χ4n) is 8.95. The summed E-state index contributed by atoms with van der Waals surface area (Å²) in [6.07, 6.45) is 12.7. The van der Waals surface area contributed by atoms with E-state index in [1.54, 1.807) is 18.1 Å². The third kappa shape index (κ3) is 3.18. The molecule has 4 aliphatic carbocycles. The molecule has 0 saturated heterocycles. The molecule has 7 atom stereocenters. The van der Waals surface area contributed by atoms with Gasteiger partial charge in [-0.1, -0.05) is 55.8 Å². The molecule has 0 bridgehead atoms. The minimum atomic E-state index is -0.141. The molecule has 0 aromatic heterocycles. The number of esters is 1. The van der Waals surface area contributed by atoms with Crippen molar-refractivity contribution in [2.24, 2.45) is 34.5 Å². The second-order valence-corrected chi connectivity index (χ2v) is 12.0. The zero-order chi connectivity index (χ0) is 23.7. The van der Waals surface area contributed by atoms with Gasteiger partial charge in [0.1, 0.15) is 11.9 Å². The molecule has 6 rings (SSSR count). The van der Waals surface area contributed by atoms with Crippen LogP contribution in [0, 0.1) is 34.5 Å². The lowest BCUT2D eigenvalue weighted by Gasteiger charge is -2.57. The molecule has 3 fully saturated rings. The molecule has 0 radical (unpaired) electrons. The Kier molecular flexibility index (Phi) is 5.13. The van der Waals surface area contributed by atoms with Gasteiger partial charge in [0.25, 0.3) is 0 Å². The second-order valence-electron chi connectivity index (χ2n) is 12.0. The third-order valence-corrected chi connectivity index (χ3v) is 10.5. The van der Waals surface area contributed by atoms with Crippen LogP contribution in [0.3, 0.4) is 0 Å². The van der Waals surface area contributed by atoms with Crippen molar-refractivity contribution in [2.75, 3.05) is 0 Å². The van der Waals surface area contributed by atoms with E-state index in [0.717, 1.165) is 36.9 Å². The fraction of sp³-hybridized carbons (Fsp3) is 0.581. The Morgan fingerprint density at radius 2 is 1.82 bits per heavy atom. The van der Waals surface area contributed by atoms with Crippen molar-refractivity contribution in [3.8, 4) is 0 Å². The van der Waals surface area contributed by atoms with Gasteiger partial charge in [0.2, 0.25) is 0 Å². The average molecular weight is 459 g/mol. The van der Waals surface area contributed by atoms with Crippen molar-refractivity contribution in [1.29, 1.82) is 0 Å². The van der Waals surface area contributed by atoms with Gasteiger partial charge in [-0.05, 0) is 85.2 Å². The molecule has 3 nitrogen and oxygen atoms in total. The molecule has 34 heavy (non-hydrogen) atoms. The summed E-state index contributed by atoms with van der Waals surface area (Å²) in [7, 11) is 0. The van der Waals surface area contributed by atoms with Crippen molar-refractivity contribution < 1.29 is 14.3 Å². The minimum absolute atomic E-state index is 0.0695. The number of carbonyl (C=O) groups excluding carboxylic acids is 1. The molecular formula is C31H38O3. The zero-order valence-electron chi connectivity index (χ0n) is 21.1. The van der Waals surface area contributed by atoms with Gasteiger partial charge in [0.15, 0.2) is 0 Å². The molecule has 0 unspecified atom stereocenters. The van der Waals surface area contributed by atoms with Crippen LogP contribution in [0.1, 0.15) is 78.2 Å². The number of ether oxygens (including phenoxy) is 2. The van der Waals surface area contributed by atoms with E-state index in [0.29, 0.717) is 11.8 Å². The molecular weight excluding hydrogens is 420 g/mol. The average Bonchev–Trinajstić information content (AvgIpc) is 3.14. The molecule has 3 saturated carbocycles. The first-order valence-electron chi connectivity index (χ1n) is 13.3. The lowest BCUT2D eigenvalue weighted by molar-refractivity contribution is -0.148. The first-order chi connectivity index (χ1) is 16.3. The normalized spacial score (nSPS) is 40.6. The van der Waals surface area contributed by atoms with Crippen molar-refractivity contribution in [1.82, 2.24) is 0 Å². The standard InChI is InChI=1S/C31H38O3/c1-19-29-25(26(18-33-19)21-8-6-5-7-9-21)17-28-24-11-10-22-16-23(34-20(2)32)12-14-30(22,3)27(24)13-15-31(28,29)4/h5-10,18,23-25,27-28H,11-17H2,1-4H3/t23-,24+,25-,27-,28-,30-,31-/m0/s1. The number of hydrogen-bond donors (Lipinski definition) is 0. The summed E-state index contributed by atoms with van der Waals surface area (Å²) in [6, 6.07) is 10.8. The summed E-state index contributed by atoms with van der Waals surface area (Å²) in [4.78, 5) is 11.6. The van der Waals surface area contributed by atoms with Crippen LogP contribution in [0.2, 0.25) is 0 Å². The summed E-state index contributed by atoms with van der Waals surface area (Å²) in [6.45, 7) is 8.80. The highest BCUT2D eigenvalue weighted by Gasteiger charge is 2.60. The Hall–Kier alpha value is -2.29. The summed E-state index contributed by atoms with van der Waals surface area (Å²) in [5.74, 6) is 3.63. The van der Waals surface area contributed by atoms with Gasteiger partial charge in [-0.2, -0.15) is 0 Å². The highest BCUT2D eigenvalue weighted by Crippen LogP contribution is 2.69. The Labute approximate surface area is 204 Å². The fourth-order valence-corrected chi connectivity index (χ4v) is 8.95. The SMILES string of the molecule is CC(=O)O[C@H]1CC[C@@]2(C)C(=CC[C@@H]3[C@@H]2CC[C@]2(C)C4=C(C)OC=C(c5ccccc5)[C@@H]4C[C@@H]32)C1. The van der Waals surface area contributed by atoms with Crippen molar-refractivity contribution >= 4 is 11.5 Å². The smallest absolute Gasteiger partial charge is 0.302 e. The summed E-state index contributed by atoms with van der Waals surface area (Å²) >= 11 is 0. The van der Waals surface area contributed by atoms with Gasteiger partial charge in [0, 0.05) is 24.8 Å². The van der Waals surface area contributed by atoms with Crippen LogP contribution in [-0.4, -0.2) is 12.1 Å². The van der Waals surface area contributed by atoms with E-state index >= 15 is 0 Å². The van der Waals surface area contributed by atoms with Crippen LogP contribution in [0.25, 0.3) is 5.57 Å². The van der Waals surface area contributed by atoms with Crippen LogP contribution in [0.4, 0.5) is 0 Å². The number of benzene rings is 1. The quantitative estimate of drug-likeness (QED) is 0.341. The van der Waals surface area contributed by atoms with E-state index in [-0.39, 0.29) is 22.9 Å². The first kappa shape index (κ1) is 22.2. The number of carbonyl (C=O) groups is 1. The van der Waals surface area contributed by atoms with Crippen molar-refractivity contribution in [3.63, 3.8) is 0 Å². The highest BCUT2D eigenvalue weighted by atomic mass is 16.5. The van der Waals surface area contributed by atoms with Crippen LogP contribution in [0.5, 0.6) is 0 Å². The third-order valence-electron chi connectivity index (χ3n) is 10.5. The molecule has 1 aromatic carbocycles. The first-order valence-corrected chi connectivity index (χ1v) is 13.3. The molecule has 1 heterocycles. The highest BCUT2D eigenvalue weighted by molar-refractivity contribution is 5.72. The Bertz CT molecular complexity index is 1090. The number of rotatable bonds is 2. The number of hydrogen-bond acceptors (Lipinski definition) is 3. The monoisotopic (exact) mass is 458 g/mol. The van der Waals surface area contributed by atoms with Crippen LogP contribution in [0.15, 0.2) is 59.6 Å². The van der Waals surface area contributed by atoms with E-state index < -0.39 is 0 Å². The Balaban J connectivity index is 1.33. The van der Waals surface area contributed by atoms with E-state index in [4.69, 9.17) is 9.47 Å². The molecule has 0 spiro atoms. The van der Waals surface area contributed by atoms with Gasteiger partial charge in [-0.3, -0.25) is 4.79 Å². The van der Waals surface area contributed by atoms with E-state index in [1.807, 2.05) is 6.26 Å². The summed E-state index contributed by atoms with van der Waals surface area (Å²) in [5.41, 5.74) is 6.30. The number of allylic oxidation sites excluding steroid dienone is 4. The molecule has 0 amide bonds. The zero-order valence-corrected chi connectivity index (χ0v) is 21.1. The lowest BCUT2D eigenvalue weighted by atomic mass is 9.48. The molecule has 5 aliphatic rings. The van der Waals surface area contributed by atoms with Crippen LogP contribution < -0.4 is 0 Å². The van der Waals surface area contributed by atoms with E-state index in [9.17, 15) is 4.79 Å². The van der Waals surface area contributed by atoms with Gasteiger partial charge in [0.05, 0.1) is 6.26 Å². The maximum Gasteiger partial charge on any atom is 0.302 e. The predicted molar refractivity (Wildman–Crippen MR) is 134 cm³/mol. The largest absolute Gasteiger partial charge is 0.469 e. The minimum Gasteiger partial charge on any atom is -0.469 e. The number of fused-ring (bicyclic) bond motifs is 7. The van der Waals surface area contributed by atoms with E-state index in [2.05, 4.69) is 57.2 Å². The predicted octanol–water partition coefficient (Wildman–Crippen LogP) is 7.45. The van der Waals surface area contributed by atoms with E-state index in [1.165, 1.54) is 36.8 Å². The topological polar surface area (TPSA) is 35.5 Å². The summed E-state index contributed by atoms with van der Waals surface area (Å²) in [5, 5.41) is 0. The second kappa shape index (κ2) is 7.86.